The minimum absolute atomic E-state index is 0.0856. The predicted molar refractivity (Wildman–Crippen MR) is 163 cm³/mol. The molecule has 4 N–H and O–H groups in total. The molecule has 206 valence electrons. The molecule has 0 bridgehead atoms. The van der Waals surface area contributed by atoms with Crippen LogP contribution in [0.15, 0.2) is 57.9 Å². The topological polar surface area (TPSA) is 102 Å². The van der Waals surface area contributed by atoms with E-state index in [1.807, 2.05) is 29.3 Å². The molecule has 2 aliphatic rings. The van der Waals surface area contributed by atoms with E-state index < -0.39 is 0 Å². The van der Waals surface area contributed by atoms with Crippen molar-refractivity contribution in [1.29, 1.82) is 0 Å². The Kier molecular flexibility index (Phi) is 7.75. The van der Waals surface area contributed by atoms with Crippen LogP contribution in [0.2, 0.25) is 5.02 Å². The Morgan fingerprint density at radius 1 is 0.975 bits per heavy atom. The fourth-order valence-corrected chi connectivity index (χ4v) is 6.67. The normalized spacial score (nSPS) is 17.9. The minimum Gasteiger partial charge on any atom is -0.317 e. The van der Waals surface area contributed by atoms with Crippen molar-refractivity contribution >= 4 is 46.0 Å². The third-order valence-electron chi connectivity index (χ3n) is 7.33. The lowest BCUT2D eigenvalue weighted by molar-refractivity contribution is 0.182. The molecule has 0 fully saturated rings. The van der Waals surface area contributed by atoms with E-state index >= 15 is 0 Å². The summed E-state index contributed by atoms with van der Waals surface area (Å²) in [6, 6.07) is 11.9. The van der Waals surface area contributed by atoms with Crippen molar-refractivity contribution in [2.45, 2.75) is 51.9 Å². The molecule has 0 saturated carbocycles. The van der Waals surface area contributed by atoms with Gasteiger partial charge in [-0.3, -0.25) is 10.2 Å². The lowest BCUT2D eigenvalue weighted by Gasteiger charge is -2.33. The molecule has 8 nitrogen and oxygen atoms in total. The number of anilines is 1. The minimum atomic E-state index is -0.127. The molecule has 5 aromatic rings. The number of aromatic nitrogens is 4. The van der Waals surface area contributed by atoms with Gasteiger partial charge in [0.25, 0.3) is 0 Å². The number of benzene rings is 1. The lowest BCUT2D eigenvalue weighted by Crippen LogP contribution is -2.44. The standard InChI is InChI=1S/C18H17ClN4OS.C11H13N3S/c1-11-7-16-15(17(22-21-16)12-5-6-25-10-12)9-23(11)18(24)20-14-4-2-3-13(19)8-14;1-7-4-10-9(5-12-7)11(14-13-10)8-2-3-15-6-8/h2-6,8,10-11H,7,9H2,1H3,(H,20,24)(H,21,22);2-3,6-7,12H,4-5H2,1H3,(H,13,14)/t11-;7-/m11/s1. The molecule has 0 radical (unpaired) electrons. The van der Waals surface area contributed by atoms with Gasteiger partial charge in [0.05, 0.1) is 17.9 Å². The molecule has 11 heteroatoms. The Labute approximate surface area is 245 Å². The Hall–Kier alpha value is -3.44. The molecule has 6 heterocycles. The molecular formula is C29H30ClN7OS2. The number of nitrogens with one attached hydrogen (secondary N) is 4. The van der Waals surface area contributed by atoms with Crippen molar-refractivity contribution in [1.82, 2.24) is 30.6 Å². The zero-order valence-electron chi connectivity index (χ0n) is 22.2. The smallest absolute Gasteiger partial charge is 0.317 e. The second kappa shape index (κ2) is 11.6. The first-order chi connectivity index (χ1) is 19.5. The number of hydrogen-bond donors (Lipinski definition) is 4. The number of carbonyl (C=O) groups is 1. The van der Waals surface area contributed by atoms with Gasteiger partial charge < -0.3 is 15.5 Å². The maximum atomic E-state index is 12.8. The molecular weight excluding hydrogens is 562 g/mol. The van der Waals surface area contributed by atoms with E-state index in [0.29, 0.717) is 23.3 Å². The van der Waals surface area contributed by atoms with Gasteiger partial charge >= 0.3 is 6.03 Å². The van der Waals surface area contributed by atoms with Gasteiger partial charge in [-0.2, -0.15) is 32.9 Å². The summed E-state index contributed by atoms with van der Waals surface area (Å²) in [6.07, 6.45) is 1.81. The largest absolute Gasteiger partial charge is 0.322 e. The molecule has 2 aliphatic heterocycles. The number of aromatic amines is 2. The average molecular weight is 592 g/mol. The Morgan fingerprint density at radius 2 is 1.65 bits per heavy atom. The van der Waals surface area contributed by atoms with Crippen molar-refractivity contribution in [2.75, 3.05) is 5.32 Å². The van der Waals surface area contributed by atoms with E-state index in [9.17, 15) is 4.79 Å². The maximum absolute atomic E-state index is 12.8. The van der Waals surface area contributed by atoms with E-state index in [0.717, 1.165) is 47.6 Å². The van der Waals surface area contributed by atoms with Crippen LogP contribution in [-0.4, -0.2) is 43.4 Å². The van der Waals surface area contributed by atoms with Crippen LogP contribution in [-0.2, 0) is 25.9 Å². The van der Waals surface area contributed by atoms with Crippen LogP contribution in [0.5, 0.6) is 0 Å². The number of hydrogen-bond acceptors (Lipinski definition) is 6. The van der Waals surface area contributed by atoms with Gasteiger partial charge in [0.15, 0.2) is 0 Å². The highest BCUT2D eigenvalue weighted by Gasteiger charge is 2.31. The SMILES string of the molecule is C[C@@H]1Cc2[nH]nc(-c3ccsc3)c2CN1.C[C@@H]1Cc2[nH]nc(-c3ccsc3)c2CN1C(=O)Nc1cccc(Cl)c1. The predicted octanol–water partition coefficient (Wildman–Crippen LogP) is 6.94. The Balaban J connectivity index is 0.000000164. The van der Waals surface area contributed by atoms with Crippen LogP contribution >= 0.6 is 34.3 Å². The first-order valence-corrected chi connectivity index (χ1v) is 15.5. The van der Waals surface area contributed by atoms with E-state index in [-0.39, 0.29) is 12.1 Å². The molecule has 2 atom stereocenters. The molecule has 2 amide bonds. The molecule has 1 aromatic carbocycles. The number of amides is 2. The summed E-state index contributed by atoms with van der Waals surface area (Å²) in [7, 11) is 0. The summed E-state index contributed by atoms with van der Waals surface area (Å²) in [5.41, 5.74) is 9.91. The molecule has 0 saturated heterocycles. The van der Waals surface area contributed by atoms with Crippen LogP contribution in [0.3, 0.4) is 0 Å². The Morgan fingerprint density at radius 3 is 2.30 bits per heavy atom. The lowest BCUT2D eigenvalue weighted by atomic mass is 9.98. The molecule has 0 unspecified atom stereocenters. The second-order valence-corrected chi connectivity index (χ2v) is 12.2. The van der Waals surface area contributed by atoms with Gasteiger partial charge in [0.2, 0.25) is 0 Å². The zero-order valence-corrected chi connectivity index (χ0v) is 24.6. The Bertz CT molecular complexity index is 1590. The third kappa shape index (κ3) is 5.57. The number of urea groups is 1. The number of nitrogens with zero attached hydrogens (tertiary/aromatic N) is 3. The van der Waals surface area contributed by atoms with Crippen molar-refractivity contribution < 1.29 is 4.79 Å². The average Bonchev–Trinajstić information content (AvgIpc) is 3.75. The monoisotopic (exact) mass is 591 g/mol. The van der Waals surface area contributed by atoms with Gasteiger partial charge in [-0.1, -0.05) is 17.7 Å². The quantitative estimate of drug-likeness (QED) is 0.182. The summed E-state index contributed by atoms with van der Waals surface area (Å²) in [5, 5.41) is 30.5. The van der Waals surface area contributed by atoms with Crippen molar-refractivity contribution in [2.24, 2.45) is 0 Å². The highest BCUT2D eigenvalue weighted by Crippen LogP contribution is 2.32. The summed E-state index contributed by atoms with van der Waals surface area (Å²) in [6.45, 7) is 5.71. The molecule has 4 aromatic heterocycles. The van der Waals surface area contributed by atoms with Crippen molar-refractivity contribution in [3.8, 4) is 22.5 Å². The van der Waals surface area contributed by atoms with Crippen LogP contribution in [0, 0.1) is 0 Å². The van der Waals surface area contributed by atoms with Crippen LogP contribution < -0.4 is 10.6 Å². The van der Waals surface area contributed by atoms with E-state index in [1.54, 1.807) is 34.8 Å². The number of H-pyrrole nitrogens is 2. The van der Waals surface area contributed by atoms with E-state index in [2.05, 4.69) is 66.2 Å². The van der Waals surface area contributed by atoms with Gasteiger partial charge in [-0.15, -0.1) is 0 Å². The van der Waals surface area contributed by atoms with Gasteiger partial charge in [0.1, 0.15) is 0 Å². The zero-order chi connectivity index (χ0) is 27.6. The fraction of sp³-hybridized carbons (Fsp3) is 0.276. The van der Waals surface area contributed by atoms with E-state index in [4.69, 9.17) is 11.6 Å². The van der Waals surface area contributed by atoms with Crippen molar-refractivity contribution in [3.63, 3.8) is 0 Å². The number of thiophene rings is 2. The van der Waals surface area contributed by atoms with Crippen LogP contribution in [0.1, 0.15) is 36.4 Å². The van der Waals surface area contributed by atoms with E-state index in [1.165, 1.54) is 16.8 Å². The number of carbonyl (C=O) groups excluding carboxylic acids is 1. The first kappa shape index (κ1) is 26.8. The van der Waals surface area contributed by atoms with Gasteiger partial charge in [-0.05, 0) is 54.9 Å². The molecule has 0 aliphatic carbocycles. The highest BCUT2D eigenvalue weighted by atomic mass is 35.5. The highest BCUT2D eigenvalue weighted by molar-refractivity contribution is 7.08. The number of fused-ring (bicyclic) bond motifs is 2. The van der Waals surface area contributed by atoms with Crippen molar-refractivity contribution in [3.05, 3.63) is 85.5 Å². The second-order valence-electron chi connectivity index (χ2n) is 10.2. The third-order valence-corrected chi connectivity index (χ3v) is 8.93. The first-order valence-electron chi connectivity index (χ1n) is 13.2. The number of halogens is 1. The summed E-state index contributed by atoms with van der Waals surface area (Å²) >= 11 is 9.35. The molecule has 40 heavy (non-hydrogen) atoms. The van der Waals surface area contributed by atoms with Crippen LogP contribution in [0.4, 0.5) is 10.5 Å². The number of rotatable bonds is 3. The van der Waals surface area contributed by atoms with Gasteiger partial charge in [-0.25, -0.2) is 4.79 Å². The fourth-order valence-electron chi connectivity index (χ4n) is 5.20. The molecule has 0 spiro atoms. The molecule has 7 rings (SSSR count). The summed E-state index contributed by atoms with van der Waals surface area (Å²) in [4.78, 5) is 14.6. The summed E-state index contributed by atoms with van der Waals surface area (Å²) in [5.74, 6) is 0. The van der Waals surface area contributed by atoms with Crippen LogP contribution in [0.25, 0.3) is 22.5 Å². The van der Waals surface area contributed by atoms with Gasteiger partial charge in [0, 0.05) is 86.6 Å². The maximum Gasteiger partial charge on any atom is 0.322 e. The summed E-state index contributed by atoms with van der Waals surface area (Å²) < 4.78 is 0.